The zero-order valence-electron chi connectivity index (χ0n) is 8.75. The number of oxime groups is 1. The fourth-order valence-corrected chi connectivity index (χ4v) is 2.55. The summed E-state index contributed by atoms with van der Waals surface area (Å²) < 4.78 is 17.2. The zero-order valence-corrected chi connectivity index (χ0v) is 9.65. The maximum atomic E-state index is 12.0. The minimum atomic E-state index is -2.69. The van der Waals surface area contributed by atoms with Crippen molar-refractivity contribution in [2.75, 3.05) is 13.3 Å². The summed E-state index contributed by atoms with van der Waals surface area (Å²) in [4.78, 5) is 0. The standard InChI is InChI=1S/C10H14NO3P/c1-3-14-15(2,13)10-6-4-9(5-7-10)8-11-12/h4-8,12H,3H2,1-2H3/b11-8-. The van der Waals surface area contributed by atoms with Gasteiger partial charge in [0.05, 0.1) is 12.8 Å². The van der Waals surface area contributed by atoms with Crippen LogP contribution >= 0.6 is 7.37 Å². The van der Waals surface area contributed by atoms with Crippen LogP contribution in [0.4, 0.5) is 0 Å². The maximum absolute atomic E-state index is 12.0. The van der Waals surface area contributed by atoms with Crippen molar-refractivity contribution in [3.63, 3.8) is 0 Å². The first kappa shape index (κ1) is 12.0. The Balaban J connectivity index is 2.93. The molecule has 0 aliphatic carbocycles. The van der Waals surface area contributed by atoms with E-state index >= 15 is 0 Å². The summed E-state index contributed by atoms with van der Waals surface area (Å²) in [7, 11) is -2.69. The third-order valence-electron chi connectivity index (χ3n) is 1.94. The highest BCUT2D eigenvalue weighted by molar-refractivity contribution is 7.66. The Kier molecular flexibility index (Phi) is 4.06. The molecule has 82 valence electrons. The summed E-state index contributed by atoms with van der Waals surface area (Å²) in [6, 6.07) is 6.88. The van der Waals surface area contributed by atoms with Gasteiger partial charge in [-0.2, -0.15) is 0 Å². The molecule has 0 heterocycles. The molecule has 0 aromatic heterocycles. The summed E-state index contributed by atoms with van der Waals surface area (Å²) in [5.41, 5.74) is 0.748. The molecular weight excluding hydrogens is 213 g/mol. The smallest absolute Gasteiger partial charge is 0.229 e. The second-order valence-corrected chi connectivity index (χ2v) is 5.57. The molecule has 4 nitrogen and oxygen atoms in total. The van der Waals surface area contributed by atoms with Crippen molar-refractivity contribution in [2.24, 2.45) is 5.16 Å². The molecule has 0 bridgehead atoms. The lowest BCUT2D eigenvalue weighted by atomic mass is 10.2. The van der Waals surface area contributed by atoms with E-state index in [1.165, 1.54) is 6.21 Å². The van der Waals surface area contributed by atoms with Crippen molar-refractivity contribution in [1.82, 2.24) is 0 Å². The van der Waals surface area contributed by atoms with E-state index in [1.807, 2.05) is 6.92 Å². The van der Waals surface area contributed by atoms with Crippen molar-refractivity contribution in [3.8, 4) is 0 Å². The van der Waals surface area contributed by atoms with Gasteiger partial charge in [0.15, 0.2) is 0 Å². The largest absolute Gasteiger partial charge is 0.411 e. The summed E-state index contributed by atoms with van der Waals surface area (Å²) >= 11 is 0. The third kappa shape index (κ3) is 3.18. The van der Waals surface area contributed by atoms with E-state index in [1.54, 1.807) is 30.9 Å². The summed E-state index contributed by atoms with van der Waals surface area (Å²) in [5.74, 6) is 0. The fraction of sp³-hybridized carbons (Fsp3) is 0.300. The second-order valence-electron chi connectivity index (χ2n) is 3.10. The average molecular weight is 227 g/mol. The van der Waals surface area contributed by atoms with Crippen LogP contribution in [0.15, 0.2) is 29.4 Å². The first-order valence-corrected chi connectivity index (χ1v) is 6.67. The van der Waals surface area contributed by atoms with E-state index in [2.05, 4.69) is 5.16 Å². The summed E-state index contributed by atoms with van der Waals surface area (Å²) in [5, 5.41) is 11.9. The molecule has 1 N–H and O–H groups in total. The molecule has 5 heteroatoms. The van der Waals surface area contributed by atoms with Crippen molar-refractivity contribution in [3.05, 3.63) is 29.8 Å². The molecule has 1 unspecified atom stereocenters. The Bertz CT molecular complexity index is 386. The Morgan fingerprint density at radius 1 is 1.47 bits per heavy atom. The predicted molar refractivity (Wildman–Crippen MR) is 60.6 cm³/mol. The van der Waals surface area contributed by atoms with Gasteiger partial charge in [0.25, 0.3) is 0 Å². The van der Waals surface area contributed by atoms with Gasteiger partial charge in [-0.1, -0.05) is 17.3 Å². The summed E-state index contributed by atoms with van der Waals surface area (Å²) in [6.07, 6.45) is 1.31. The van der Waals surface area contributed by atoms with Crippen molar-refractivity contribution < 1.29 is 14.3 Å². The van der Waals surface area contributed by atoms with Crippen LogP contribution in [-0.4, -0.2) is 24.7 Å². The van der Waals surface area contributed by atoms with Gasteiger partial charge < -0.3 is 9.73 Å². The molecule has 0 spiro atoms. The number of rotatable bonds is 4. The van der Waals surface area contributed by atoms with E-state index < -0.39 is 7.37 Å². The van der Waals surface area contributed by atoms with Gasteiger partial charge in [-0.05, 0) is 24.6 Å². The molecule has 15 heavy (non-hydrogen) atoms. The Hall–Kier alpha value is -1.12. The lowest BCUT2D eigenvalue weighted by Gasteiger charge is -2.12. The van der Waals surface area contributed by atoms with Gasteiger partial charge >= 0.3 is 0 Å². The molecule has 0 fully saturated rings. The monoisotopic (exact) mass is 227 g/mol. The zero-order chi connectivity index (χ0) is 11.3. The van der Waals surface area contributed by atoms with Crippen LogP contribution in [0.3, 0.4) is 0 Å². The number of benzene rings is 1. The van der Waals surface area contributed by atoms with Crippen LogP contribution in [0, 0.1) is 0 Å². The molecule has 0 radical (unpaired) electrons. The Morgan fingerprint density at radius 2 is 2.07 bits per heavy atom. The van der Waals surface area contributed by atoms with Crippen LogP contribution in [0.25, 0.3) is 0 Å². The molecule has 0 saturated carbocycles. The van der Waals surface area contributed by atoms with Crippen molar-refractivity contribution in [2.45, 2.75) is 6.92 Å². The molecule has 0 amide bonds. The minimum Gasteiger partial charge on any atom is -0.411 e. The molecule has 0 aliphatic heterocycles. The first-order valence-electron chi connectivity index (χ1n) is 4.60. The van der Waals surface area contributed by atoms with E-state index in [-0.39, 0.29) is 0 Å². The highest BCUT2D eigenvalue weighted by Crippen LogP contribution is 2.40. The Morgan fingerprint density at radius 3 is 2.53 bits per heavy atom. The van der Waals surface area contributed by atoms with Gasteiger partial charge in [0.2, 0.25) is 7.37 Å². The predicted octanol–water partition coefficient (Wildman–Crippen LogP) is 2.06. The van der Waals surface area contributed by atoms with Crippen LogP contribution in [0.1, 0.15) is 12.5 Å². The maximum Gasteiger partial charge on any atom is 0.229 e. The van der Waals surface area contributed by atoms with Gasteiger partial charge in [-0.3, -0.25) is 4.57 Å². The van der Waals surface area contributed by atoms with E-state index in [4.69, 9.17) is 9.73 Å². The molecule has 1 rings (SSSR count). The molecule has 1 atom stereocenters. The van der Waals surface area contributed by atoms with Crippen LogP contribution in [0.2, 0.25) is 0 Å². The highest BCUT2D eigenvalue weighted by Gasteiger charge is 2.17. The average Bonchev–Trinajstić information content (AvgIpc) is 2.19. The topological polar surface area (TPSA) is 58.9 Å². The fourth-order valence-electron chi connectivity index (χ4n) is 1.22. The Labute approximate surface area is 89.0 Å². The van der Waals surface area contributed by atoms with Crippen LogP contribution in [0.5, 0.6) is 0 Å². The van der Waals surface area contributed by atoms with Crippen molar-refractivity contribution >= 4 is 18.9 Å². The molecular formula is C10H14NO3P. The van der Waals surface area contributed by atoms with Gasteiger partial charge in [0, 0.05) is 12.0 Å². The lowest BCUT2D eigenvalue weighted by molar-refractivity contribution is 0.322. The van der Waals surface area contributed by atoms with E-state index in [0.29, 0.717) is 11.9 Å². The molecule has 1 aromatic rings. The third-order valence-corrected chi connectivity index (χ3v) is 3.93. The normalized spacial score (nSPS) is 15.3. The lowest BCUT2D eigenvalue weighted by Crippen LogP contribution is -2.06. The summed E-state index contributed by atoms with van der Waals surface area (Å²) in [6.45, 7) is 3.82. The second kappa shape index (κ2) is 5.10. The number of nitrogens with zero attached hydrogens (tertiary/aromatic N) is 1. The minimum absolute atomic E-state index is 0.424. The van der Waals surface area contributed by atoms with Gasteiger partial charge in [0.1, 0.15) is 0 Å². The SMILES string of the molecule is CCOP(C)(=O)c1ccc(/C=N\O)cc1. The highest BCUT2D eigenvalue weighted by atomic mass is 31.2. The quantitative estimate of drug-likeness (QED) is 0.370. The van der Waals surface area contributed by atoms with Crippen molar-refractivity contribution in [1.29, 1.82) is 0 Å². The van der Waals surface area contributed by atoms with Crippen LogP contribution in [-0.2, 0) is 9.09 Å². The number of hydrogen-bond donors (Lipinski definition) is 1. The van der Waals surface area contributed by atoms with E-state index in [0.717, 1.165) is 5.56 Å². The van der Waals surface area contributed by atoms with Gasteiger partial charge in [-0.25, -0.2) is 0 Å². The van der Waals surface area contributed by atoms with E-state index in [9.17, 15) is 4.57 Å². The molecule has 0 aliphatic rings. The molecule has 1 aromatic carbocycles. The van der Waals surface area contributed by atoms with Crippen LogP contribution < -0.4 is 5.30 Å². The first-order chi connectivity index (χ1) is 7.10. The number of hydrogen-bond acceptors (Lipinski definition) is 4. The molecule has 0 saturated heterocycles. The van der Waals surface area contributed by atoms with Gasteiger partial charge in [-0.15, -0.1) is 0 Å².